The van der Waals surface area contributed by atoms with E-state index < -0.39 is 0 Å². The fourth-order valence-electron chi connectivity index (χ4n) is 3.17. The Bertz CT molecular complexity index is 476. The van der Waals surface area contributed by atoms with Crippen LogP contribution in [0.5, 0.6) is 5.75 Å². The van der Waals surface area contributed by atoms with Crippen molar-refractivity contribution in [2.24, 2.45) is 0 Å². The van der Waals surface area contributed by atoms with Gasteiger partial charge >= 0.3 is 0 Å². The van der Waals surface area contributed by atoms with Gasteiger partial charge in [0.15, 0.2) is 0 Å². The SMILES string of the molecule is CCC1CCCCN1CCCNC(=O)c1cccc(OC)c1. The van der Waals surface area contributed by atoms with Crippen molar-refractivity contribution in [2.45, 2.75) is 45.1 Å². The molecule has 1 heterocycles. The summed E-state index contributed by atoms with van der Waals surface area (Å²) in [6, 6.07) is 8.01. The quantitative estimate of drug-likeness (QED) is 0.787. The van der Waals surface area contributed by atoms with Crippen molar-refractivity contribution in [3.05, 3.63) is 29.8 Å². The van der Waals surface area contributed by atoms with E-state index in [9.17, 15) is 4.79 Å². The van der Waals surface area contributed by atoms with Gasteiger partial charge in [0, 0.05) is 24.7 Å². The van der Waals surface area contributed by atoms with E-state index in [1.165, 1.54) is 32.2 Å². The molecule has 122 valence electrons. The van der Waals surface area contributed by atoms with E-state index in [1.807, 2.05) is 18.2 Å². The van der Waals surface area contributed by atoms with Crippen LogP contribution in [0.15, 0.2) is 24.3 Å². The monoisotopic (exact) mass is 304 g/mol. The Hall–Kier alpha value is -1.55. The summed E-state index contributed by atoms with van der Waals surface area (Å²) in [5.41, 5.74) is 0.656. The van der Waals surface area contributed by atoms with Gasteiger partial charge in [-0.3, -0.25) is 4.79 Å². The number of piperidine rings is 1. The van der Waals surface area contributed by atoms with Gasteiger partial charge < -0.3 is 15.0 Å². The van der Waals surface area contributed by atoms with Gasteiger partial charge in [0.1, 0.15) is 5.75 Å². The number of hydrogen-bond acceptors (Lipinski definition) is 3. The Morgan fingerprint density at radius 1 is 1.41 bits per heavy atom. The maximum Gasteiger partial charge on any atom is 0.251 e. The maximum absolute atomic E-state index is 12.1. The van der Waals surface area contributed by atoms with Gasteiger partial charge in [-0.2, -0.15) is 0 Å². The second-order valence-corrected chi connectivity index (χ2v) is 5.94. The van der Waals surface area contributed by atoms with E-state index in [0.717, 1.165) is 25.6 Å². The van der Waals surface area contributed by atoms with Crippen LogP contribution in [-0.4, -0.2) is 43.6 Å². The van der Waals surface area contributed by atoms with E-state index in [2.05, 4.69) is 17.1 Å². The first kappa shape index (κ1) is 16.8. The molecule has 1 saturated heterocycles. The average molecular weight is 304 g/mol. The summed E-state index contributed by atoms with van der Waals surface area (Å²) in [7, 11) is 1.61. The van der Waals surface area contributed by atoms with E-state index >= 15 is 0 Å². The number of ether oxygens (including phenoxy) is 1. The number of benzene rings is 1. The third kappa shape index (κ3) is 4.73. The lowest BCUT2D eigenvalue weighted by molar-refractivity contribution is 0.0947. The number of likely N-dealkylation sites (tertiary alicyclic amines) is 1. The van der Waals surface area contributed by atoms with Crippen LogP contribution < -0.4 is 10.1 Å². The fraction of sp³-hybridized carbons (Fsp3) is 0.611. The van der Waals surface area contributed by atoms with Gasteiger partial charge in [-0.25, -0.2) is 0 Å². The molecule has 1 aliphatic rings. The zero-order valence-corrected chi connectivity index (χ0v) is 13.8. The van der Waals surface area contributed by atoms with Crippen LogP contribution in [0.1, 0.15) is 49.4 Å². The van der Waals surface area contributed by atoms with E-state index in [0.29, 0.717) is 11.3 Å². The molecule has 1 aliphatic heterocycles. The molecule has 1 amide bonds. The summed E-state index contributed by atoms with van der Waals surface area (Å²) in [6.07, 6.45) is 6.24. The minimum atomic E-state index is -0.0235. The van der Waals surface area contributed by atoms with Crippen molar-refractivity contribution in [3.63, 3.8) is 0 Å². The second kappa shape index (κ2) is 8.79. The average Bonchev–Trinajstić information content (AvgIpc) is 2.58. The largest absolute Gasteiger partial charge is 0.497 e. The highest BCUT2D eigenvalue weighted by molar-refractivity contribution is 5.94. The van der Waals surface area contributed by atoms with E-state index in [-0.39, 0.29) is 5.91 Å². The standard InChI is InChI=1S/C18H28N2O2/c1-3-16-9-4-5-12-20(16)13-7-11-19-18(21)15-8-6-10-17(14-15)22-2/h6,8,10,14,16H,3-5,7,9,11-13H2,1-2H3,(H,19,21). The number of rotatable bonds is 7. The number of methoxy groups -OCH3 is 1. The maximum atomic E-state index is 12.1. The van der Waals surface area contributed by atoms with Crippen LogP contribution >= 0.6 is 0 Å². The lowest BCUT2D eigenvalue weighted by Crippen LogP contribution is -2.40. The molecular weight excluding hydrogens is 276 g/mol. The third-order valence-corrected chi connectivity index (χ3v) is 4.46. The molecule has 4 heteroatoms. The van der Waals surface area contributed by atoms with Gasteiger partial charge in [0.25, 0.3) is 5.91 Å². The molecule has 0 saturated carbocycles. The summed E-state index contributed by atoms with van der Waals surface area (Å²) in [6.45, 7) is 5.29. The van der Waals surface area contributed by atoms with Gasteiger partial charge in [0.2, 0.25) is 0 Å². The molecule has 1 atom stereocenters. The highest BCUT2D eigenvalue weighted by atomic mass is 16.5. The van der Waals surface area contributed by atoms with Crippen molar-refractivity contribution in [3.8, 4) is 5.75 Å². The van der Waals surface area contributed by atoms with Crippen molar-refractivity contribution in [1.82, 2.24) is 10.2 Å². The minimum Gasteiger partial charge on any atom is -0.497 e. The van der Waals surface area contributed by atoms with Gasteiger partial charge in [0.05, 0.1) is 7.11 Å². The number of nitrogens with zero attached hydrogens (tertiary/aromatic N) is 1. The zero-order valence-electron chi connectivity index (χ0n) is 13.8. The van der Waals surface area contributed by atoms with Gasteiger partial charge in [-0.1, -0.05) is 19.4 Å². The first-order chi connectivity index (χ1) is 10.7. The Morgan fingerprint density at radius 3 is 3.05 bits per heavy atom. The first-order valence-electron chi connectivity index (χ1n) is 8.41. The minimum absolute atomic E-state index is 0.0235. The van der Waals surface area contributed by atoms with Crippen LogP contribution in [0.3, 0.4) is 0 Å². The molecule has 22 heavy (non-hydrogen) atoms. The first-order valence-corrected chi connectivity index (χ1v) is 8.41. The predicted octanol–water partition coefficient (Wildman–Crippen LogP) is 3.08. The molecule has 1 fully saturated rings. The molecule has 1 N–H and O–H groups in total. The number of amides is 1. The molecule has 1 aromatic carbocycles. The highest BCUT2D eigenvalue weighted by Crippen LogP contribution is 2.19. The van der Waals surface area contributed by atoms with Crippen LogP contribution in [0.4, 0.5) is 0 Å². The Morgan fingerprint density at radius 2 is 2.27 bits per heavy atom. The van der Waals surface area contributed by atoms with Crippen molar-refractivity contribution < 1.29 is 9.53 Å². The van der Waals surface area contributed by atoms with Gasteiger partial charge in [-0.05, 0) is 50.4 Å². The molecule has 0 aromatic heterocycles. The Labute approximate surface area is 133 Å². The summed E-state index contributed by atoms with van der Waals surface area (Å²) >= 11 is 0. The normalized spacial score (nSPS) is 18.9. The lowest BCUT2D eigenvalue weighted by atomic mass is 10.00. The lowest BCUT2D eigenvalue weighted by Gasteiger charge is -2.35. The zero-order chi connectivity index (χ0) is 15.8. The van der Waals surface area contributed by atoms with Crippen molar-refractivity contribution >= 4 is 5.91 Å². The Balaban J connectivity index is 1.72. The van der Waals surface area contributed by atoms with Crippen molar-refractivity contribution in [1.29, 1.82) is 0 Å². The van der Waals surface area contributed by atoms with Crippen LogP contribution in [0.2, 0.25) is 0 Å². The van der Waals surface area contributed by atoms with Crippen LogP contribution in [0.25, 0.3) is 0 Å². The van der Waals surface area contributed by atoms with Crippen LogP contribution in [-0.2, 0) is 0 Å². The van der Waals surface area contributed by atoms with E-state index in [4.69, 9.17) is 4.74 Å². The molecule has 4 nitrogen and oxygen atoms in total. The number of carbonyl (C=O) groups excluding carboxylic acids is 1. The number of carbonyl (C=O) groups is 1. The van der Waals surface area contributed by atoms with Crippen LogP contribution in [0, 0.1) is 0 Å². The second-order valence-electron chi connectivity index (χ2n) is 5.94. The topological polar surface area (TPSA) is 41.6 Å². The molecule has 1 unspecified atom stereocenters. The highest BCUT2D eigenvalue weighted by Gasteiger charge is 2.19. The third-order valence-electron chi connectivity index (χ3n) is 4.46. The summed E-state index contributed by atoms with van der Waals surface area (Å²) in [4.78, 5) is 14.7. The molecular formula is C18H28N2O2. The molecule has 0 bridgehead atoms. The van der Waals surface area contributed by atoms with Gasteiger partial charge in [-0.15, -0.1) is 0 Å². The molecule has 0 aliphatic carbocycles. The molecule has 0 spiro atoms. The van der Waals surface area contributed by atoms with E-state index in [1.54, 1.807) is 13.2 Å². The smallest absolute Gasteiger partial charge is 0.251 e. The Kier molecular flexibility index (Phi) is 6.72. The number of nitrogens with one attached hydrogen (secondary N) is 1. The number of hydrogen-bond donors (Lipinski definition) is 1. The summed E-state index contributed by atoms with van der Waals surface area (Å²) in [5, 5.41) is 3.00. The summed E-state index contributed by atoms with van der Waals surface area (Å²) < 4.78 is 5.15. The molecule has 0 radical (unpaired) electrons. The fourth-order valence-corrected chi connectivity index (χ4v) is 3.17. The summed E-state index contributed by atoms with van der Waals surface area (Å²) in [5.74, 6) is 0.691. The van der Waals surface area contributed by atoms with Crippen molar-refractivity contribution in [2.75, 3.05) is 26.7 Å². The molecule has 2 rings (SSSR count). The molecule has 1 aromatic rings. The predicted molar refractivity (Wildman–Crippen MR) is 89.4 cm³/mol.